The van der Waals surface area contributed by atoms with E-state index in [0.29, 0.717) is 38.5 Å². The third kappa shape index (κ3) is 21.7. The van der Waals surface area contributed by atoms with Gasteiger partial charge in [0.1, 0.15) is 164 Å². The molecule has 0 aromatic heterocycles. The van der Waals surface area contributed by atoms with Crippen molar-refractivity contribution in [2.45, 2.75) is 443 Å². The number of hydrogen-bond donors (Lipinski definition) is 23. The summed E-state index contributed by atoms with van der Waals surface area (Å²) in [7, 11) is 0. The first-order valence-electron chi connectivity index (χ1n) is 49.0. The molecule has 140 heavy (non-hydrogen) atoms. The van der Waals surface area contributed by atoms with Crippen molar-refractivity contribution in [3.63, 3.8) is 0 Å². The van der Waals surface area contributed by atoms with E-state index in [0.717, 1.165) is 5.57 Å². The Bertz CT molecular complexity index is 4240. The van der Waals surface area contributed by atoms with E-state index >= 15 is 9.59 Å². The van der Waals surface area contributed by atoms with Gasteiger partial charge in [-0.15, -0.1) is 13.2 Å². The highest BCUT2D eigenvalue weighted by Crippen LogP contribution is 2.76. The largest absolute Gasteiger partial charge is 0.462 e. The maximum Gasteiger partial charge on any atom is 0.333 e. The molecule has 2 unspecified atom stereocenters. The summed E-state index contributed by atoms with van der Waals surface area (Å²) in [5, 5.41) is 258. The molecule has 0 amide bonds. The molecule has 13 rings (SSSR count). The third-order valence-corrected chi connectivity index (χ3v) is 33.8. The molecular weight excluding hydrogens is 1860 g/mol. The Balaban J connectivity index is 0.764. The second-order valence-electron chi connectivity index (χ2n) is 43.8. The molecule has 44 heteroatoms. The van der Waals surface area contributed by atoms with E-state index in [-0.39, 0.29) is 55.9 Å². The molecule has 0 radical (unpaired) electrons. The van der Waals surface area contributed by atoms with Gasteiger partial charge in [0.25, 0.3) is 0 Å². The summed E-state index contributed by atoms with van der Waals surface area (Å²) < 4.78 is 110. The minimum atomic E-state index is -2.27. The number of rotatable bonds is 33. The van der Waals surface area contributed by atoms with Gasteiger partial charge in [-0.3, -0.25) is 9.59 Å². The summed E-state index contributed by atoms with van der Waals surface area (Å²) in [6.45, 7) is 28.8. The maximum atomic E-state index is 16.8. The fourth-order valence-electron chi connectivity index (χ4n) is 24.4. The van der Waals surface area contributed by atoms with Gasteiger partial charge in [-0.1, -0.05) is 85.3 Å². The summed E-state index contributed by atoms with van der Waals surface area (Å²) in [5.74, 6) is -4.90. The molecule has 8 saturated heterocycles. The Morgan fingerprint density at radius 2 is 1.01 bits per heavy atom. The van der Waals surface area contributed by atoms with Crippen LogP contribution in [0, 0.1) is 56.2 Å². The normalized spacial score (nSPS) is 49.1. The van der Waals surface area contributed by atoms with Crippen LogP contribution in [0.4, 0.5) is 0 Å². The lowest BCUT2D eigenvalue weighted by Crippen LogP contribution is -2.70. The van der Waals surface area contributed by atoms with Crippen LogP contribution in [0.25, 0.3) is 0 Å². The summed E-state index contributed by atoms with van der Waals surface area (Å²) in [6.07, 6.45) is -60.4. The minimum Gasteiger partial charge on any atom is -0.462 e. The van der Waals surface area contributed by atoms with Crippen LogP contribution in [0.2, 0.25) is 0 Å². The molecule has 0 spiro atoms. The SMILES string of the molecule is C=C[C@](C)(O)CC/C=C(\C)C(=O)O[C@H]1[C@H](O)[C@@H](O)[C@H](O[C@](C)(C=C)CCCC(C)C(=O)O[C@H]2C[C@]3(C(=O)O[C@@H]4O[C@H](CO)[C@@H](O)[C@H](O)[C@H]4O[C@@H]4O[C@@H](C)[C@H](O[C@@H]5O[C@@H](CO)[C@H](O)[C@H]5O)[C@@H](O[C@@H]5O[C@H](CO)[C@@H](O)[C@H](O)[C@H]5O)[C@H]4O)[C@H](O)C[C@]4(C)C(=CC[C@@H]5[C@@]6(C)CC[C@H](O[C@@H]7O[C@H](CO[C@@H]8O[C@H](C)[C@H](O)[C@H](O)[C@H]8O[C@@H]8OC[C@@H](O)[C@H](O)[C@H]8O)[C@@H](O)[C@H](O)[C@H]7O)C(C)(C)C6CC[C@]54C)[C@H]3CC2(C)C)O[C@@H]1C. The number of carbonyl (C=O) groups is 3. The molecular formula is C96H154O44. The van der Waals surface area contributed by atoms with Crippen molar-refractivity contribution < 1.29 is 217 Å². The Kier molecular flexibility index (Phi) is 35.7. The van der Waals surface area contributed by atoms with Crippen molar-refractivity contribution in [3.05, 3.63) is 48.6 Å². The standard InChI is InChI=1S/C96H154O44/c1-17-91(12,122)27-19-21-40(4)79(120)134-73-42(6)127-85(71(117)66(73)112)140-92(13,18-2)28-20-22-39(3)78(119)132-55-33-96(88(121)139-87-77(65(111)59(105)48(35-98)130-87)138-84-72(118)75(136-83-70(116)62(108)58(104)47(34-97)128-83)74(43(7)126-84)135-82-68(114)60(106)49(36-99)129-82)45(31-89(55,8)9)44-23-24-52-93(14)29-26-54(90(10,11)51(93)25-30-94(52,15)95(44,16)32-53(96)101)133-81-69(115)63(109)61(107)50(131-81)38-124-86-76(64(110)56(102)41(5)125-86)137-80-67(113)57(103)46(100)37-123-80/h17-18,21,23,39,41-43,45-77,80-87,97-118,122H,1-2,19-20,22,24-38H2,3-16H3/b40-21+/t39?,41-,42-,43+,45-,46-,47-,48-,49+,50-,51?,52-,53-,54+,55+,56+,57+,58-,59-,60+,61-,62+,63+,64+,65+,66-,67-,68-,69-,70-,71-,72-,73-,74+,75+,76-,77-,80+,81+,82+,83+,84+,85+,86-,87+,91+,92-,93+,94-,95-,96-/m1/s1. The lowest BCUT2D eigenvalue weighted by molar-refractivity contribution is -0.390. The lowest BCUT2D eigenvalue weighted by Gasteiger charge is -2.72. The summed E-state index contributed by atoms with van der Waals surface area (Å²) in [6, 6.07) is 0. The van der Waals surface area contributed by atoms with E-state index in [1.807, 2.05) is 13.8 Å². The molecule has 51 atom stereocenters. The average molecular weight is 2010 g/mol. The number of aliphatic hydroxyl groups is 23. The van der Waals surface area contributed by atoms with Gasteiger partial charge >= 0.3 is 17.9 Å². The zero-order valence-electron chi connectivity index (χ0n) is 81.8. The van der Waals surface area contributed by atoms with Crippen molar-refractivity contribution in [2.75, 3.05) is 33.0 Å². The number of allylic oxidation sites excluding steroid dienone is 3. The summed E-state index contributed by atoms with van der Waals surface area (Å²) in [4.78, 5) is 45.2. The molecule has 23 N–H and O–H groups in total. The summed E-state index contributed by atoms with van der Waals surface area (Å²) in [5.41, 5.74) is -7.70. The molecule has 0 aromatic rings. The first-order chi connectivity index (χ1) is 65.5. The highest BCUT2D eigenvalue weighted by atomic mass is 16.8. The van der Waals surface area contributed by atoms with Crippen LogP contribution in [0.15, 0.2) is 48.6 Å². The quantitative estimate of drug-likeness (QED) is 0.00981. The fourth-order valence-corrected chi connectivity index (χ4v) is 24.4. The lowest BCUT2D eigenvalue weighted by atomic mass is 9.33. The van der Waals surface area contributed by atoms with Gasteiger partial charge < -0.3 is 203 Å². The number of fused-ring (bicyclic) bond motifs is 7. The predicted molar refractivity (Wildman–Crippen MR) is 475 cm³/mol. The van der Waals surface area contributed by atoms with Gasteiger partial charge in [0.05, 0.1) is 80.7 Å². The molecule has 8 aliphatic heterocycles. The predicted octanol–water partition coefficient (Wildman–Crippen LogP) is -3.93. The second-order valence-corrected chi connectivity index (χ2v) is 43.8. The van der Waals surface area contributed by atoms with Gasteiger partial charge in [-0.2, -0.15) is 0 Å². The molecule has 4 saturated carbocycles. The highest BCUT2D eigenvalue weighted by molar-refractivity contribution is 5.88. The smallest absolute Gasteiger partial charge is 0.333 e. The van der Waals surface area contributed by atoms with Crippen LogP contribution in [-0.2, 0) is 99.6 Å². The number of ether oxygens (including phenoxy) is 18. The van der Waals surface area contributed by atoms with E-state index in [2.05, 4.69) is 53.9 Å². The van der Waals surface area contributed by atoms with Crippen molar-refractivity contribution in [3.8, 4) is 0 Å². The van der Waals surface area contributed by atoms with Gasteiger partial charge in [0.2, 0.25) is 6.29 Å². The number of carbonyl (C=O) groups excluding carboxylic acids is 3. The van der Waals surface area contributed by atoms with Crippen molar-refractivity contribution in [1.82, 2.24) is 0 Å². The van der Waals surface area contributed by atoms with Crippen molar-refractivity contribution in [2.24, 2.45) is 56.2 Å². The van der Waals surface area contributed by atoms with E-state index in [1.54, 1.807) is 26.8 Å². The van der Waals surface area contributed by atoms with Crippen LogP contribution in [0.1, 0.15) is 180 Å². The molecule has 5 aliphatic carbocycles. The molecule has 0 bridgehead atoms. The van der Waals surface area contributed by atoms with Crippen LogP contribution >= 0.6 is 0 Å². The summed E-state index contributed by atoms with van der Waals surface area (Å²) >= 11 is 0. The topological polar surface area (TPSA) is 683 Å². The van der Waals surface area contributed by atoms with E-state index in [9.17, 15) is 122 Å². The molecule has 12 fully saturated rings. The maximum absolute atomic E-state index is 16.8. The minimum absolute atomic E-state index is 0.0224. The zero-order chi connectivity index (χ0) is 103. The first kappa shape index (κ1) is 113. The van der Waals surface area contributed by atoms with Crippen LogP contribution in [0.3, 0.4) is 0 Å². The second kappa shape index (κ2) is 44.2. The van der Waals surface area contributed by atoms with E-state index in [4.69, 9.17) is 85.3 Å². The van der Waals surface area contributed by atoms with Gasteiger partial charge in [-0.25, -0.2) is 4.79 Å². The van der Waals surface area contributed by atoms with Gasteiger partial charge in [-0.05, 0) is 158 Å². The highest BCUT2D eigenvalue weighted by Gasteiger charge is 2.74. The Labute approximate surface area is 812 Å². The number of esters is 3. The van der Waals surface area contributed by atoms with Crippen molar-refractivity contribution in [1.29, 1.82) is 0 Å². The van der Waals surface area contributed by atoms with E-state index < -0.39 is 365 Å². The molecule has 0 aromatic carbocycles. The Morgan fingerprint density at radius 3 is 1.63 bits per heavy atom. The Morgan fingerprint density at radius 1 is 0.500 bits per heavy atom. The zero-order valence-corrected chi connectivity index (χ0v) is 81.8. The first-order valence-corrected chi connectivity index (χ1v) is 49.0. The number of hydrogen-bond acceptors (Lipinski definition) is 44. The molecule has 802 valence electrons. The van der Waals surface area contributed by atoms with Gasteiger partial charge in [0.15, 0.2) is 56.2 Å². The molecule has 13 aliphatic rings. The van der Waals surface area contributed by atoms with Crippen LogP contribution < -0.4 is 0 Å². The van der Waals surface area contributed by atoms with Gasteiger partial charge in [0, 0.05) is 17.4 Å². The monoisotopic (exact) mass is 2010 g/mol. The number of aliphatic hydroxyl groups excluding tert-OH is 22. The Hall–Kier alpha value is -4.15. The van der Waals surface area contributed by atoms with E-state index in [1.165, 1.54) is 39.8 Å². The van der Waals surface area contributed by atoms with Crippen LogP contribution in [-0.4, -0.2) is 431 Å². The third-order valence-electron chi connectivity index (χ3n) is 33.8. The van der Waals surface area contributed by atoms with Crippen LogP contribution in [0.5, 0.6) is 0 Å². The molecule has 44 nitrogen and oxygen atoms in total. The molecule has 8 heterocycles. The fraction of sp³-hybridized carbons (Fsp3) is 0.885. The van der Waals surface area contributed by atoms with Crippen molar-refractivity contribution >= 4 is 17.9 Å². The average Bonchev–Trinajstić information content (AvgIpc) is 0.882.